The van der Waals surface area contributed by atoms with Crippen LogP contribution < -0.4 is 5.43 Å². The molecule has 0 aliphatic heterocycles. The first-order chi connectivity index (χ1) is 13.1. The maximum Gasteiger partial charge on any atom is 0.218 e. The van der Waals surface area contributed by atoms with Gasteiger partial charge in [0.15, 0.2) is 0 Å². The summed E-state index contributed by atoms with van der Waals surface area (Å²) in [6.07, 6.45) is 1.43. The predicted octanol–water partition coefficient (Wildman–Crippen LogP) is 1.79. The van der Waals surface area contributed by atoms with Crippen LogP contribution in [0.15, 0.2) is 47.4 Å². The van der Waals surface area contributed by atoms with Crippen LogP contribution in [0.1, 0.15) is 32.1 Å². The van der Waals surface area contributed by atoms with E-state index >= 15 is 0 Å². The first-order valence-electron chi connectivity index (χ1n) is 8.41. The molecule has 136 valence electrons. The summed E-state index contributed by atoms with van der Waals surface area (Å²) in [4.78, 5) is 43.1. The number of nitrogens with zero attached hydrogens (tertiary/aromatic N) is 2. The van der Waals surface area contributed by atoms with Crippen molar-refractivity contribution < 1.29 is 19.1 Å². The first kappa shape index (κ1) is 17.3. The first-order valence-corrected chi connectivity index (χ1v) is 8.41. The second-order valence-electron chi connectivity index (χ2n) is 6.09. The summed E-state index contributed by atoms with van der Waals surface area (Å²) in [5.74, 6) is -0.951. The largest absolute Gasteiger partial charge is 0.382 e. The Kier molecular flexibility index (Phi) is 4.39. The lowest BCUT2D eigenvalue weighted by Gasteiger charge is -2.22. The minimum atomic E-state index is -0.540. The Morgan fingerprint density at radius 2 is 1.81 bits per heavy atom. The van der Waals surface area contributed by atoms with Crippen molar-refractivity contribution in [3.8, 4) is 0 Å². The molecule has 7 heteroatoms. The van der Waals surface area contributed by atoms with Gasteiger partial charge in [0.1, 0.15) is 23.7 Å². The van der Waals surface area contributed by atoms with Gasteiger partial charge >= 0.3 is 0 Å². The highest BCUT2D eigenvalue weighted by Gasteiger charge is 2.36. The number of fused-ring (bicyclic) bond motifs is 3. The Balaban J connectivity index is 1.99. The van der Waals surface area contributed by atoms with E-state index in [4.69, 9.17) is 9.47 Å². The molecule has 7 nitrogen and oxygen atoms in total. The summed E-state index contributed by atoms with van der Waals surface area (Å²) in [7, 11) is 1.56. The molecule has 2 heterocycles. The van der Waals surface area contributed by atoms with Gasteiger partial charge in [0, 0.05) is 18.7 Å². The predicted molar refractivity (Wildman–Crippen MR) is 97.1 cm³/mol. The Labute approximate surface area is 154 Å². The van der Waals surface area contributed by atoms with Crippen molar-refractivity contribution in [1.82, 2.24) is 9.55 Å². The fourth-order valence-corrected chi connectivity index (χ4v) is 3.29. The van der Waals surface area contributed by atoms with Gasteiger partial charge in [-0.2, -0.15) is 0 Å². The van der Waals surface area contributed by atoms with Crippen LogP contribution in [0, 0.1) is 0 Å². The van der Waals surface area contributed by atoms with Gasteiger partial charge in [0.25, 0.3) is 0 Å². The van der Waals surface area contributed by atoms with E-state index in [1.165, 1.54) is 6.20 Å². The maximum absolute atomic E-state index is 13.1. The van der Waals surface area contributed by atoms with Gasteiger partial charge in [-0.25, -0.2) is 0 Å². The Bertz CT molecular complexity index is 1130. The van der Waals surface area contributed by atoms with Crippen LogP contribution in [0.2, 0.25) is 0 Å². The summed E-state index contributed by atoms with van der Waals surface area (Å²) in [5, 5.41) is 0.354. The molecule has 0 N–H and O–H groups in total. The lowest BCUT2D eigenvalue weighted by Crippen LogP contribution is -2.33. The quantitative estimate of drug-likeness (QED) is 0.502. The van der Waals surface area contributed by atoms with Crippen molar-refractivity contribution in [1.29, 1.82) is 0 Å². The molecule has 0 saturated carbocycles. The number of pyridine rings is 2. The molecule has 3 aromatic rings. The molecule has 1 aromatic carbocycles. The fourth-order valence-electron chi connectivity index (χ4n) is 3.29. The Morgan fingerprint density at radius 3 is 2.63 bits per heavy atom. The van der Waals surface area contributed by atoms with Crippen molar-refractivity contribution >= 4 is 22.5 Å². The number of ketones is 2. The van der Waals surface area contributed by atoms with E-state index < -0.39 is 17.0 Å². The van der Waals surface area contributed by atoms with Crippen LogP contribution in [0.3, 0.4) is 0 Å². The second kappa shape index (κ2) is 6.86. The molecule has 4 rings (SSSR count). The number of aromatic nitrogens is 2. The van der Waals surface area contributed by atoms with Gasteiger partial charge < -0.3 is 14.0 Å². The smallest absolute Gasteiger partial charge is 0.218 e. The number of hydrogen-bond acceptors (Lipinski definition) is 6. The van der Waals surface area contributed by atoms with Gasteiger partial charge in [-0.1, -0.05) is 12.1 Å². The molecule has 1 aliphatic rings. The van der Waals surface area contributed by atoms with Crippen LogP contribution in [0.5, 0.6) is 0 Å². The van der Waals surface area contributed by atoms with E-state index in [2.05, 4.69) is 4.98 Å². The molecule has 0 saturated heterocycles. The molecule has 27 heavy (non-hydrogen) atoms. The van der Waals surface area contributed by atoms with Gasteiger partial charge in [0.05, 0.1) is 24.3 Å². The average Bonchev–Trinajstić information content (AvgIpc) is 2.70. The van der Waals surface area contributed by atoms with Gasteiger partial charge in [-0.3, -0.25) is 19.4 Å². The standard InChI is InChI=1S/C20H16N2O5/c1-26-9-10-27-11-22-14-7-3-2-5-12(14)18(23)15-17(22)19(24)13-6-4-8-21-16(13)20(15)25/h2-8H,9-11H2,1H3. The van der Waals surface area contributed by atoms with E-state index in [0.29, 0.717) is 24.1 Å². The third-order valence-electron chi connectivity index (χ3n) is 4.53. The zero-order valence-electron chi connectivity index (χ0n) is 14.6. The molecule has 0 fully saturated rings. The van der Waals surface area contributed by atoms with Crippen molar-refractivity contribution in [3.63, 3.8) is 0 Å². The van der Waals surface area contributed by atoms with E-state index in [1.807, 2.05) is 0 Å². The number of benzene rings is 1. The monoisotopic (exact) mass is 364 g/mol. The van der Waals surface area contributed by atoms with Gasteiger partial charge in [0.2, 0.25) is 17.0 Å². The summed E-state index contributed by atoms with van der Waals surface area (Å²) in [6, 6.07) is 9.98. The number of methoxy groups -OCH3 is 1. The molecule has 0 spiro atoms. The zero-order chi connectivity index (χ0) is 19.0. The van der Waals surface area contributed by atoms with Crippen molar-refractivity contribution in [3.05, 3.63) is 75.3 Å². The number of carbonyl (C=O) groups excluding carboxylic acids is 2. The molecular weight excluding hydrogens is 348 g/mol. The molecule has 0 atom stereocenters. The lowest BCUT2D eigenvalue weighted by atomic mass is 9.89. The van der Waals surface area contributed by atoms with E-state index in [9.17, 15) is 14.4 Å². The van der Waals surface area contributed by atoms with Gasteiger partial charge in [-0.05, 0) is 24.3 Å². The number of hydrogen-bond donors (Lipinski definition) is 0. The van der Waals surface area contributed by atoms with Crippen LogP contribution in [0.4, 0.5) is 0 Å². The summed E-state index contributed by atoms with van der Waals surface area (Å²) < 4.78 is 12.2. The number of rotatable bonds is 5. The van der Waals surface area contributed by atoms with Crippen LogP contribution >= 0.6 is 0 Å². The minimum Gasteiger partial charge on any atom is -0.382 e. The molecule has 1 aliphatic carbocycles. The van der Waals surface area contributed by atoms with Crippen molar-refractivity contribution in [2.24, 2.45) is 0 Å². The summed E-state index contributed by atoms with van der Waals surface area (Å²) in [6.45, 7) is 0.715. The average molecular weight is 364 g/mol. The highest BCUT2D eigenvalue weighted by Crippen LogP contribution is 2.27. The lowest BCUT2D eigenvalue weighted by molar-refractivity contribution is 0.0345. The van der Waals surface area contributed by atoms with Crippen molar-refractivity contribution in [2.45, 2.75) is 6.73 Å². The highest BCUT2D eigenvalue weighted by molar-refractivity contribution is 6.27. The van der Waals surface area contributed by atoms with Crippen LogP contribution in [-0.2, 0) is 16.2 Å². The second-order valence-corrected chi connectivity index (χ2v) is 6.09. The number of para-hydroxylation sites is 1. The summed E-state index contributed by atoms with van der Waals surface area (Å²) in [5.41, 5.74) is 0.155. The van der Waals surface area contributed by atoms with E-state index in [0.717, 1.165) is 0 Å². The molecule has 0 amide bonds. The van der Waals surface area contributed by atoms with E-state index in [1.54, 1.807) is 48.1 Å². The Hall–Kier alpha value is -3.16. The molecule has 2 aromatic heterocycles. The SMILES string of the molecule is COCCOCn1c2c(c(=O)c3ccccc31)C(=O)c1ncccc1C2=O. The normalized spacial score (nSPS) is 12.9. The number of ether oxygens (including phenoxy) is 2. The third kappa shape index (κ3) is 2.68. The zero-order valence-corrected chi connectivity index (χ0v) is 14.6. The molecular formula is C20H16N2O5. The van der Waals surface area contributed by atoms with Crippen LogP contribution in [0.25, 0.3) is 10.9 Å². The summed E-state index contributed by atoms with van der Waals surface area (Å²) >= 11 is 0. The maximum atomic E-state index is 13.1. The van der Waals surface area contributed by atoms with Crippen LogP contribution in [-0.4, -0.2) is 41.4 Å². The third-order valence-corrected chi connectivity index (χ3v) is 4.53. The molecule has 0 radical (unpaired) electrons. The molecule has 0 bridgehead atoms. The topological polar surface area (TPSA) is 87.5 Å². The van der Waals surface area contributed by atoms with Crippen molar-refractivity contribution in [2.75, 3.05) is 20.3 Å². The van der Waals surface area contributed by atoms with Gasteiger partial charge in [-0.15, -0.1) is 0 Å². The number of carbonyl (C=O) groups is 2. The van der Waals surface area contributed by atoms with E-state index in [-0.39, 0.29) is 29.2 Å². The fraction of sp³-hybridized carbons (Fsp3) is 0.200. The Morgan fingerprint density at radius 1 is 1.00 bits per heavy atom. The minimum absolute atomic E-state index is 0.00855. The highest BCUT2D eigenvalue weighted by atomic mass is 16.5. The molecule has 0 unspecified atom stereocenters.